The fourth-order valence-corrected chi connectivity index (χ4v) is 4.38. The largest absolute Gasteiger partial charge is 0.494 e. The van der Waals surface area contributed by atoms with Crippen molar-refractivity contribution in [3.63, 3.8) is 0 Å². The van der Waals surface area contributed by atoms with E-state index in [4.69, 9.17) is 4.74 Å². The quantitative estimate of drug-likeness (QED) is 0.208. The van der Waals surface area contributed by atoms with Crippen molar-refractivity contribution < 1.29 is 18.3 Å². The minimum atomic E-state index is -2.80. The molecular formula is C29H26F2N6O2S. The first-order valence-electron chi connectivity index (χ1n) is 12.0. The Morgan fingerprint density at radius 1 is 1.20 bits per heavy atom. The number of thiazole rings is 1. The number of halogens is 2. The third-order valence-electron chi connectivity index (χ3n) is 5.75. The topological polar surface area (TPSA) is 94.0 Å². The molecule has 0 atom stereocenters. The van der Waals surface area contributed by atoms with Crippen LogP contribution >= 0.6 is 11.3 Å². The number of hydrogen-bond donors (Lipinski definition) is 2. The van der Waals surface area contributed by atoms with Gasteiger partial charge in [-0.3, -0.25) is 19.8 Å². The van der Waals surface area contributed by atoms with Crippen LogP contribution in [0.25, 0.3) is 22.4 Å². The molecule has 11 heteroatoms. The lowest BCUT2D eigenvalue weighted by Gasteiger charge is -2.15. The summed E-state index contributed by atoms with van der Waals surface area (Å²) >= 11 is 1.20. The minimum absolute atomic E-state index is 0.230. The van der Waals surface area contributed by atoms with Crippen LogP contribution < -0.4 is 15.4 Å². The smallest absolute Gasteiger partial charge is 0.280 e. The number of ether oxygens (including phenoxy) is 1. The van der Waals surface area contributed by atoms with E-state index >= 15 is 0 Å². The lowest BCUT2D eigenvalue weighted by atomic mass is 9.95. The van der Waals surface area contributed by atoms with E-state index in [1.54, 1.807) is 42.3 Å². The maximum atomic E-state index is 13.6. The van der Waals surface area contributed by atoms with E-state index in [0.717, 1.165) is 5.70 Å². The van der Waals surface area contributed by atoms with Gasteiger partial charge in [-0.15, -0.1) is 0 Å². The maximum Gasteiger partial charge on any atom is 0.280 e. The van der Waals surface area contributed by atoms with Crippen LogP contribution in [-0.2, 0) is 7.05 Å². The number of anilines is 1. The summed E-state index contributed by atoms with van der Waals surface area (Å²) in [5.41, 5.74) is 3.36. The van der Waals surface area contributed by atoms with Crippen LogP contribution in [-0.4, -0.2) is 39.8 Å². The molecule has 0 saturated carbocycles. The number of nitrogens with zero attached hydrogens (tertiary/aromatic N) is 4. The molecule has 8 nitrogen and oxygen atoms in total. The molecule has 204 valence electrons. The van der Waals surface area contributed by atoms with E-state index in [-0.39, 0.29) is 11.3 Å². The fourth-order valence-electron chi connectivity index (χ4n) is 3.71. The van der Waals surface area contributed by atoms with Crippen molar-refractivity contribution in [2.45, 2.75) is 13.3 Å². The summed E-state index contributed by atoms with van der Waals surface area (Å²) in [7, 11) is 5.01. The molecule has 1 amide bonds. The molecule has 4 rings (SSSR count). The van der Waals surface area contributed by atoms with Gasteiger partial charge in [0.25, 0.3) is 12.3 Å². The second-order valence-electron chi connectivity index (χ2n) is 8.58. The first-order chi connectivity index (χ1) is 19.2. The van der Waals surface area contributed by atoms with Gasteiger partial charge < -0.3 is 10.1 Å². The Morgan fingerprint density at radius 3 is 2.67 bits per heavy atom. The minimum Gasteiger partial charge on any atom is -0.494 e. The Hall–Kier alpha value is -4.82. The Morgan fingerprint density at radius 2 is 2.00 bits per heavy atom. The molecule has 0 radical (unpaired) electrons. The highest BCUT2D eigenvalue weighted by Crippen LogP contribution is 2.37. The highest BCUT2D eigenvalue weighted by Gasteiger charge is 2.21. The van der Waals surface area contributed by atoms with Crippen molar-refractivity contribution in [2.24, 2.45) is 7.05 Å². The van der Waals surface area contributed by atoms with Crippen molar-refractivity contribution in [1.29, 1.82) is 0 Å². The highest BCUT2D eigenvalue weighted by molar-refractivity contribution is 7.16. The van der Waals surface area contributed by atoms with Crippen molar-refractivity contribution in [3.05, 3.63) is 89.0 Å². The molecule has 0 aliphatic heterocycles. The zero-order chi connectivity index (χ0) is 28.8. The number of methoxy groups -OCH3 is 1. The van der Waals surface area contributed by atoms with Crippen molar-refractivity contribution in [2.75, 3.05) is 19.5 Å². The Balaban J connectivity index is 1.70. The van der Waals surface area contributed by atoms with Crippen LogP contribution in [0.1, 0.15) is 34.3 Å². The number of benzene rings is 1. The van der Waals surface area contributed by atoms with E-state index in [1.165, 1.54) is 30.7 Å². The molecule has 0 aliphatic rings. The number of aromatic nitrogens is 4. The lowest BCUT2D eigenvalue weighted by Crippen LogP contribution is -2.13. The van der Waals surface area contributed by atoms with Gasteiger partial charge >= 0.3 is 0 Å². The predicted octanol–water partition coefficient (Wildman–Crippen LogP) is 5.84. The third-order valence-corrected chi connectivity index (χ3v) is 6.58. The summed E-state index contributed by atoms with van der Waals surface area (Å²) in [6.45, 7) is 5.81. The first-order valence-corrected chi connectivity index (χ1v) is 12.8. The van der Waals surface area contributed by atoms with Gasteiger partial charge in [0, 0.05) is 48.3 Å². The fraction of sp³-hybridized carbons (Fsp3) is 0.172. The van der Waals surface area contributed by atoms with Gasteiger partial charge in [-0.25, -0.2) is 13.8 Å². The number of rotatable bonds is 8. The Kier molecular flexibility index (Phi) is 8.71. The van der Waals surface area contributed by atoms with Gasteiger partial charge in [0.15, 0.2) is 5.13 Å². The van der Waals surface area contributed by atoms with Crippen molar-refractivity contribution in [1.82, 2.24) is 25.1 Å². The molecule has 2 N–H and O–H groups in total. The van der Waals surface area contributed by atoms with Crippen LogP contribution in [0, 0.1) is 11.8 Å². The molecule has 4 aromatic rings. The van der Waals surface area contributed by atoms with Crippen LogP contribution in [0.4, 0.5) is 13.9 Å². The number of carbonyl (C=O) groups excluding carboxylic acids is 1. The molecule has 3 aromatic heterocycles. The summed E-state index contributed by atoms with van der Waals surface area (Å²) in [6.07, 6.45) is 3.58. The summed E-state index contributed by atoms with van der Waals surface area (Å²) in [6, 6.07) is 8.12. The van der Waals surface area contributed by atoms with Crippen molar-refractivity contribution in [3.8, 4) is 40.0 Å². The molecule has 1 aromatic carbocycles. The maximum absolute atomic E-state index is 13.6. The first kappa shape index (κ1) is 28.2. The standard InChI is InChI=1S/C29H26F2N6O2S/c1-17(12-18(2)32-3)6-8-20-15-34-29(40-20)35-28(38)21-9-7-19(24-10-11-37(4)36-24)13-22(21)23-14-25(27(30)31)33-16-26(23)39-5/h7,9-16,27,32H,1H2,2-5H3,(H,34,35,38)/b18-12-. The van der Waals surface area contributed by atoms with E-state index in [2.05, 4.69) is 44.1 Å². The van der Waals surface area contributed by atoms with Gasteiger partial charge in [-0.1, -0.05) is 29.9 Å². The SMILES string of the molecule is C=C(C#Cc1cnc(NC(=O)c2ccc(-c3ccn(C)n3)cc2-c2cc(C(F)F)ncc2OC)s1)/C=C(/C)NC. The molecule has 3 heterocycles. The molecule has 0 fully saturated rings. The zero-order valence-corrected chi connectivity index (χ0v) is 23.1. The highest BCUT2D eigenvalue weighted by atomic mass is 32.1. The number of pyridine rings is 1. The summed E-state index contributed by atoms with van der Waals surface area (Å²) in [5.74, 6) is 5.70. The number of amides is 1. The van der Waals surface area contributed by atoms with Crippen LogP contribution in [0.5, 0.6) is 5.75 Å². The number of nitrogens with one attached hydrogen (secondary N) is 2. The number of allylic oxidation sites excluding steroid dienone is 3. The third kappa shape index (κ3) is 6.59. The summed E-state index contributed by atoms with van der Waals surface area (Å²) in [5, 5.41) is 10.5. The number of aryl methyl sites for hydroxylation is 1. The average molecular weight is 561 g/mol. The zero-order valence-electron chi connectivity index (χ0n) is 22.3. The monoisotopic (exact) mass is 560 g/mol. The van der Waals surface area contributed by atoms with E-state index in [9.17, 15) is 13.6 Å². The molecule has 0 aliphatic carbocycles. The predicted molar refractivity (Wildman–Crippen MR) is 152 cm³/mol. The molecule has 0 saturated heterocycles. The van der Waals surface area contributed by atoms with E-state index in [1.807, 2.05) is 26.1 Å². The van der Waals surface area contributed by atoms with Crippen molar-refractivity contribution >= 4 is 22.4 Å². The Labute approximate surface area is 234 Å². The lowest BCUT2D eigenvalue weighted by molar-refractivity contribution is 0.102. The van der Waals surface area contributed by atoms with Gasteiger partial charge in [-0.2, -0.15) is 5.10 Å². The van der Waals surface area contributed by atoms with Gasteiger partial charge in [0.1, 0.15) is 11.4 Å². The van der Waals surface area contributed by atoms with Gasteiger partial charge in [-0.05, 0) is 48.7 Å². The normalized spacial score (nSPS) is 11.1. The summed E-state index contributed by atoms with van der Waals surface area (Å²) in [4.78, 5) is 22.2. The second-order valence-corrected chi connectivity index (χ2v) is 9.61. The number of hydrogen-bond acceptors (Lipinski definition) is 7. The number of alkyl halides is 2. The molecule has 0 spiro atoms. The molecule has 40 heavy (non-hydrogen) atoms. The average Bonchev–Trinajstić information content (AvgIpc) is 3.59. The second kappa shape index (κ2) is 12.4. The Bertz CT molecular complexity index is 1660. The molecular weight excluding hydrogens is 534 g/mol. The number of carbonyl (C=O) groups is 1. The van der Waals surface area contributed by atoms with Crippen LogP contribution in [0.2, 0.25) is 0 Å². The van der Waals surface area contributed by atoms with Crippen LogP contribution in [0.3, 0.4) is 0 Å². The van der Waals surface area contributed by atoms with Gasteiger partial charge in [0.2, 0.25) is 0 Å². The van der Waals surface area contributed by atoms with E-state index < -0.39 is 18.0 Å². The van der Waals surface area contributed by atoms with Crippen LogP contribution in [0.15, 0.2) is 72.8 Å². The molecule has 0 bridgehead atoms. The van der Waals surface area contributed by atoms with Gasteiger partial charge in [0.05, 0.1) is 30.1 Å². The summed E-state index contributed by atoms with van der Waals surface area (Å²) < 4.78 is 34.2. The molecule has 0 unspecified atom stereocenters. The van der Waals surface area contributed by atoms with E-state index in [0.29, 0.717) is 38.0 Å².